The molecule has 0 aliphatic heterocycles. The summed E-state index contributed by atoms with van der Waals surface area (Å²) in [6.45, 7) is 5.50. The minimum atomic E-state index is -0.481. The molecule has 21 heavy (non-hydrogen) atoms. The standard InChI is InChI=1S/C16H27N3O2/c1-5-12(2)15(17)16(20)18-13-6-8-14(9-7-13)21-11-10-19(3)4/h6-9,12,15H,5,10-11,17H2,1-4H3,(H,18,20)/t12?,15-/m0/s1. The fraction of sp³-hybridized carbons (Fsp3) is 0.562. The summed E-state index contributed by atoms with van der Waals surface area (Å²) in [4.78, 5) is 14.0. The third-order valence-corrected chi connectivity index (χ3v) is 3.49. The molecule has 2 atom stereocenters. The fourth-order valence-corrected chi connectivity index (χ4v) is 1.72. The average Bonchev–Trinajstić information content (AvgIpc) is 2.47. The van der Waals surface area contributed by atoms with Crippen LogP contribution in [0, 0.1) is 5.92 Å². The monoisotopic (exact) mass is 293 g/mol. The summed E-state index contributed by atoms with van der Waals surface area (Å²) >= 11 is 0. The topological polar surface area (TPSA) is 67.6 Å². The van der Waals surface area contributed by atoms with E-state index >= 15 is 0 Å². The van der Waals surface area contributed by atoms with E-state index < -0.39 is 6.04 Å². The molecule has 5 nitrogen and oxygen atoms in total. The Morgan fingerprint density at radius 1 is 1.33 bits per heavy atom. The third-order valence-electron chi connectivity index (χ3n) is 3.49. The van der Waals surface area contributed by atoms with Crippen molar-refractivity contribution in [2.45, 2.75) is 26.3 Å². The number of carbonyl (C=O) groups is 1. The van der Waals surface area contributed by atoms with Gasteiger partial charge < -0.3 is 20.7 Å². The smallest absolute Gasteiger partial charge is 0.241 e. The number of carbonyl (C=O) groups excluding carboxylic acids is 1. The van der Waals surface area contributed by atoms with Crippen LogP contribution in [0.15, 0.2) is 24.3 Å². The number of ether oxygens (including phenoxy) is 1. The molecular formula is C16H27N3O2. The second-order valence-corrected chi connectivity index (χ2v) is 5.58. The second kappa shape index (κ2) is 8.64. The molecule has 0 aromatic heterocycles. The molecule has 0 spiro atoms. The van der Waals surface area contributed by atoms with Crippen LogP contribution in [0.1, 0.15) is 20.3 Å². The third kappa shape index (κ3) is 6.14. The molecule has 0 saturated carbocycles. The molecule has 0 fully saturated rings. The number of nitrogens with two attached hydrogens (primary N) is 1. The van der Waals surface area contributed by atoms with E-state index in [-0.39, 0.29) is 11.8 Å². The summed E-state index contributed by atoms with van der Waals surface area (Å²) in [5, 5.41) is 2.83. The Labute approximate surface area is 127 Å². The van der Waals surface area contributed by atoms with Crippen molar-refractivity contribution in [3.8, 4) is 5.75 Å². The van der Waals surface area contributed by atoms with Gasteiger partial charge in [0.1, 0.15) is 12.4 Å². The van der Waals surface area contributed by atoms with E-state index in [9.17, 15) is 4.79 Å². The predicted molar refractivity (Wildman–Crippen MR) is 86.6 cm³/mol. The van der Waals surface area contributed by atoms with Gasteiger partial charge in [-0.15, -0.1) is 0 Å². The summed E-state index contributed by atoms with van der Waals surface area (Å²) in [5.74, 6) is 0.810. The van der Waals surface area contributed by atoms with Gasteiger partial charge in [0, 0.05) is 12.2 Å². The minimum absolute atomic E-state index is 0.148. The molecule has 5 heteroatoms. The maximum atomic E-state index is 12.0. The lowest BCUT2D eigenvalue weighted by atomic mass is 9.99. The summed E-state index contributed by atoms with van der Waals surface area (Å²) in [6.07, 6.45) is 0.882. The van der Waals surface area contributed by atoms with Crippen molar-refractivity contribution in [2.75, 3.05) is 32.6 Å². The number of nitrogens with zero attached hydrogens (tertiary/aromatic N) is 1. The van der Waals surface area contributed by atoms with Gasteiger partial charge in [-0.25, -0.2) is 0 Å². The Bertz CT molecular complexity index is 432. The van der Waals surface area contributed by atoms with Gasteiger partial charge in [-0.3, -0.25) is 4.79 Å². The maximum Gasteiger partial charge on any atom is 0.241 e. The summed E-state index contributed by atoms with van der Waals surface area (Å²) in [6, 6.07) is 6.87. The van der Waals surface area contributed by atoms with Gasteiger partial charge in [0.2, 0.25) is 5.91 Å². The molecule has 1 aromatic carbocycles. The Kier molecular flexibility index (Phi) is 7.19. The Balaban J connectivity index is 2.49. The molecular weight excluding hydrogens is 266 g/mol. The molecule has 0 bridgehead atoms. The van der Waals surface area contributed by atoms with Gasteiger partial charge in [0.05, 0.1) is 6.04 Å². The molecule has 0 heterocycles. The maximum absolute atomic E-state index is 12.0. The van der Waals surface area contributed by atoms with Crippen LogP contribution in [0.4, 0.5) is 5.69 Å². The quantitative estimate of drug-likeness (QED) is 0.768. The zero-order chi connectivity index (χ0) is 15.8. The van der Waals surface area contributed by atoms with Gasteiger partial charge in [-0.05, 0) is 44.3 Å². The molecule has 1 unspecified atom stereocenters. The largest absolute Gasteiger partial charge is 0.492 e. The highest BCUT2D eigenvalue weighted by molar-refractivity contribution is 5.94. The van der Waals surface area contributed by atoms with Gasteiger partial charge in [0.25, 0.3) is 0 Å². The summed E-state index contributed by atoms with van der Waals surface area (Å²) in [7, 11) is 4.01. The van der Waals surface area contributed by atoms with Crippen LogP contribution < -0.4 is 15.8 Å². The second-order valence-electron chi connectivity index (χ2n) is 5.58. The number of nitrogens with one attached hydrogen (secondary N) is 1. The van der Waals surface area contributed by atoms with Crippen molar-refractivity contribution >= 4 is 11.6 Å². The molecule has 0 saturated heterocycles. The normalized spacial score (nSPS) is 13.8. The molecule has 118 valence electrons. The molecule has 1 aromatic rings. The number of hydrogen-bond acceptors (Lipinski definition) is 4. The van der Waals surface area contributed by atoms with E-state index in [1.54, 1.807) is 0 Å². The number of anilines is 1. The van der Waals surface area contributed by atoms with Crippen molar-refractivity contribution in [1.82, 2.24) is 4.90 Å². The number of benzene rings is 1. The molecule has 0 radical (unpaired) electrons. The van der Waals surface area contributed by atoms with Crippen molar-refractivity contribution in [2.24, 2.45) is 11.7 Å². The van der Waals surface area contributed by atoms with E-state index in [1.165, 1.54) is 0 Å². The van der Waals surface area contributed by atoms with Gasteiger partial charge in [0.15, 0.2) is 0 Å². The van der Waals surface area contributed by atoms with Gasteiger partial charge in [-0.2, -0.15) is 0 Å². The van der Waals surface area contributed by atoms with Crippen LogP contribution in [-0.2, 0) is 4.79 Å². The Morgan fingerprint density at radius 3 is 2.48 bits per heavy atom. The summed E-state index contributed by atoms with van der Waals surface area (Å²) in [5.41, 5.74) is 6.64. The average molecular weight is 293 g/mol. The zero-order valence-corrected chi connectivity index (χ0v) is 13.4. The first-order valence-corrected chi connectivity index (χ1v) is 7.38. The molecule has 0 aliphatic carbocycles. The highest BCUT2D eigenvalue weighted by atomic mass is 16.5. The van der Waals surface area contributed by atoms with Crippen LogP contribution >= 0.6 is 0 Å². The van der Waals surface area contributed by atoms with Crippen molar-refractivity contribution in [3.63, 3.8) is 0 Å². The predicted octanol–water partition coefficient (Wildman–Crippen LogP) is 1.94. The number of rotatable bonds is 8. The van der Waals surface area contributed by atoms with Crippen molar-refractivity contribution in [3.05, 3.63) is 24.3 Å². The highest BCUT2D eigenvalue weighted by Crippen LogP contribution is 2.16. The minimum Gasteiger partial charge on any atom is -0.492 e. The van der Waals surface area contributed by atoms with Crippen molar-refractivity contribution in [1.29, 1.82) is 0 Å². The highest BCUT2D eigenvalue weighted by Gasteiger charge is 2.19. The van der Waals surface area contributed by atoms with Crippen LogP contribution in [0.3, 0.4) is 0 Å². The van der Waals surface area contributed by atoms with E-state index in [1.807, 2.05) is 52.2 Å². The van der Waals surface area contributed by atoms with Crippen LogP contribution in [0.25, 0.3) is 0 Å². The fourth-order valence-electron chi connectivity index (χ4n) is 1.72. The first-order valence-electron chi connectivity index (χ1n) is 7.38. The first-order chi connectivity index (χ1) is 9.93. The lowest BCUT2D eigenvalue weighted by Gasteiger charge is -2.18. The summed E-state index contributed by atoms with van der Waals surface area (Å²) < 4.78 is 5.60. The Hall–Kier alpha value is -1.59. The number of likely N-dealkylation sites (N-methyl/N-ethyl adjacent to an activating group) is 1. The zero-order valence-electron chi connectivity index (χ0n) is 13.4. The Morgan fingerprint density at radius 2 is 1.95 bits per heavy atom. The lowest BCUT2D eigenvalue weighted by Crippen LogP contribution is -2.40. The van der Waals surface area contributed by atoms with E-state index in [2.05, 4.69) is 10.2 Å². The van der Waals surface area contributed by atoms with E-state index in [0.717, 1.165) is 24.4 Å². The number of hydrogen-bond donors (Lipinski definition) is 2. The van der Waals surface area contributed by atoms with E-state index in [4.69, 9.17) is 10.5 Å². The van der Waals surface area contributed by atoms with Gasteiger partial charge in [-0.1, -0.05) is 20.3 Å². The lowest BCUT2D eigenvalue weighted by molar-refractivity contribution is -0.118. The molecule has 0 aliphatic rings. The van der Waals surface area contributed by atoms with Gasteiger partial charge >= 0.3 is 0 Å². The SMILES string of the molecule is CCC(C)[C@H](N)C(=O)Nc1ccc(OCCN(C)C)cc1. The molecule has 3 N–H and O–H groups in total. The molecule has 1 rings (SSSR count). The van der Waals surface area contributed by atoms with Crippen molar-refractivity contribution < 1.29 is 9.53 Å². The number of amides is 1. The van der Waals surface area contributed by atoms with Crippen LogP contribution in [-0.4, -0.2) is 44.1 Å². The van der Waals surface area contributed by atoms with Crippen LogP contribution in [0.5, 0.6) is 5.75 Å². The van der Waals surface area contributed by atoms with Crippen LogP contribution in [0.2, 0.25) is 0 Å². The van der Waals surface area contributed by atoms with E-state index in [0.29, 0.717) is 6.61 Å². The first kappa shape index (κ1) is 17.5. The molecule has 1 amide bonds.